The van der Waals surface area contributed by atoms with Gasteiger partial charge >= 0.3 is 0 Å². The number of thiazole rings is 1. The predicted octanol–water partition coefficient (Wildman–Crippen LogP) is 2.71. The summed E-state index contributed by atoms with van der Waals surface area (Å²) in [7, 11) is 1.61. The van der Waals surface area contributed by atoms with E-state index in [1.54, 1.807) is 18.4 Å². The van der Waals surface area contributed by atoms with Gasteiger partial charge in [-0.1, -0.05) is 6.07 Å². The molecular weight excluding hydrogens is 208 g/mol. The van der Waals surface area contributed by atoms with E-state index in [1.807, 2.05) is 30.5 Å². The number of nitrogens with two attached hydrogens (primary N) is 1. The summed E-state index contributed by atoms with van der Waals surface area (Å²) >= 11 is 1.63. The SMILES string of the molecule is COc1cc(-c2csc(C)n2)ccc1N. The minimum atomic E-state index is 0.646. The Hall–Kier alpha value is -1.55. The van der Waals surface area contributed by atoms with Gasteiger partial charge in [0.05, 0.1) is 23.5 Å². The number of nitrogens with zero attached hydrogens (tertiary/aromatic N) is 1. The molecule has 15 heavy (non-hydrogen) atoms. The van der Waals surface area contributed by atoms with Gasteiger partial charge < -0.3 is 10.5 Å². The summed E-state index contributed by atoms with van der Waals surface area (Å²) in [5.74, 6) is 0.693. The molecule has 2 aromatic rings. The van der Waals surface area contributed by atoms with Crippen LogP contribution >= 0.6 is 11.3 Å². The maximum Gasteiger partial charge on any atom is 0.142 e. The van der Waals surface area contributed by atoms with Crippen LogP contribution in [0.15, 0.2) is 23.6 Å². The van der Waals surface area contributed by atoms with Gasteiger partial charge in [0.1, 0.15) is 5.75 Å². The summed E-state index contributed by atoms with van der Waals surface area (Å²) in [6.45, 7) is 1.99. The fourth-order valence-corrected chi connectivity index (χ4v) is 1.99. The average Bonchev–Trinajstić information content (AvgIpc) is 2.66. The monoisotopic (exact) mass is 220 g/mol. The summed E-state index contributed by atoms with van der Waals surface area (Å²) in [6, 6.07) is 5.69. The fourth-order valence-electron chi connectivity index (χ4n) is 1.37. The van der Waals surface area contributed by atoms with Gasteiger partial charge in [0.25, 0.3) is 0 Å². The zero-order valence-electron chi connectivity index (χ0n) is 8.65. The van der Waals surface area contributed by atoms with Gasteiger partial charge in [0, 0.05) is 10.9 Å². The standard InChI is InChI=1S/C11H12N2OS/c1-7-13-10(6-15-7)8-3-4-9(12)11(5-8)14-2/h3-6H,12H2,1-2H3. The van der Waals surface area contributed by atoms with Gasteiger partial charge in [-0.3, -0.25) is 0 Å². The van der Waals surface area contributed by atoms with Crippen molar-refractivity contribution in [3.05, 3.63) is 28.6 Å². The van der Waals surface area contributed by atoms with Crippen LogP contribution in [0.2, 0.25) is 0 Å². The molecule has 0 unspecified atom stereocenters. The van der Waals surface area contributed by atoms with Gasteiger partial charge in [-0.15, -0.1) is 11.3 Å². The number of anilines is 1. The lowest BCUT2D eigenvalue weighted by atomic mass is 10.1. The fraction of sp³-hybridized carbons (Fsp3) is 0.182. The summed E-state index contributed by atoms with van der Waals surface area (Å²) in [6.07, 6.45) is 0. The lowest BCUT2D eigenvalue weighted by Crippen LogP contribution is -1.92. The molecule has 4 heteroatoms. The lowest BCUT2D eigenvalue weighted by molar-refractivity contribution is 0.417. The van der Waals surface area contributed by atoms with Crippen molar-refractivity contribution >= 4 is 17.0 Å². The molecule has 2 N–H and O–H groups in total. The molecule has 1 heterocycles. The number of nitrogen functional groups attached to an aromatic ring is 1. The Balaban J connectivity index is 2.45. The zero-order valence-corrected chi connectivity index (χ0v) is 9.47. The van der Waals surface area contributed by atoms with Crippen LogP contribution < -0.4 is 10.5 Å². The highest BCUT2D eigenvalue weighted by Gasteiger charge is 2.05. The third-order valence-corrected chi connectivity index (χ3v) is 2.92. The molecule has 2 rings (SSSR count). The number of hydrogen-bond acceptors (Lipinski definition) is 4. The van der Waals surface area contributed by atoms with Gasteiger partial charge in [0.15, 0.2) is 0 Å². The van der Waals surface area contributed by atoms with E-state index in [-0.39, 0.29) is 0 Å². The number of ether oxygens (including phenoxy) is 1. The topological polar surface area (TPSA) is 48.1 Å². The van der Waals surface area contributed by atoms with Gasteiger partial charge in [-0.2, -0.15) is 0 Å². The van der Waals surface area contributed by atoms with Crippen LogP contribution in [-0.2, 0) is 0 Å². The van der Waals surface area contributed by atoms with Crippen LogP contribution in [0.25, 0.3) is 11.3 Å². The first-order valence-electron chi connectivity index (χ1n) is 4.56. The molecule has 0 amide bonds. The van der Waals surface area contributed by atoms with Crippen LogP contribution in [0.3, 0.4) is 0 Å². The molecule has 0 atom stereocenters. The highest BCUT2D eigenvalue weighted by Crippen LogP contribution is 2.29. The van der Waals surface area contributed by atoms with E-state index >= 15 is 0 Å². The number of hydrogen-bond donors (Lipinski definition) is 1. The molecule has 0 spiro atoms. The minimum absolute atomic E-state index is 0.646. The van der Waals surface area contributed by atoms with E-state index < -0.39 is 0 Å². The predicted molar refractivity (Wildman–Crippen MR) is 63.3 cm³/mol. The second-order valence-electron chi connectivity index (χ2n) is 3.21. The van der Waals surface area contributed by atoms with Crippen molar-refractivity contribution in [2.45, 2.75) is 6.92 Å². The Morgan fingerprint density at radius 2 is 2.20 bits per heavy atom. The molecule has 0 saturated carbocycles. The smallest absolute Gasteiger partial charge is 0.142 e. The van der Waals surface area contributed by atoms with Crippen LogP contribution in [0.4, 0.5) is 5.69 Å². The number of aryl methyl sites for hydroxylation is 1. The summed E-state index contributed by atoms with van der Waals surface area (Å²) in [5, 5.41) is 3.08. The van der Waals surface area contributed by atoms with Crippen molar-refractivity contribution in [1.29, 1.82) is 0 Å². The maximum atomic E-state index is 5.74. The van der Waals surface area contributed by atoms with E-state index in [0.29, 0.717) is 11.4 Å². The van der Waals surface area contributed by atoms with Crippen molar-refractivity contribution in [3.8, 4) is 17.0 Å². The molecule has 1 aromatic heterocycles. The highest BCUT2D eigenvalue weighted by molar-refractivity contribution is 7.09. The largest absolute Gasteiger partial charge is 0.495 e. The van der Waals surface area contributed by atoms with Crippen LogP contribution in [0, 0.1) is 6.92 Å². The molecule has 0 aliphatic heterocycles. The van der Waals surface area contributed by atoms with Gasteiger partial charge in [-0.05, 0) is 19.1 Å². The minimum Gasteiger partial charge on any atom is -0.495 e. The average molecular weight is 220 g/mol. The van der Waals surface area contributed by atoms with Crippen molar-refractivity contribution in [2.75, 3.05) is 12.8 Å². The quantitative estimate of drug-likeness (QED) is 0.791. The molecule has 0 fully saturated rings. The van der Waals surface area contributed by atoms with E-state index in [1.165, 1.54) is 0 Å². The van der Waals surface area contributed by atoms with Crippen molar-refractivity contribution in [3.63, 3.8) is 0 Å². The lowest BCUT2D eigenvalue weighted by Gasteiger charge is -2.05. The van der Waals surface area contributed by atoms with E-state index in [2.05, 4.69) is 4.98 Å². The molecule has 0 aliphatic rings. The molecule has 1 aromatic carbocycles. The highest BCUT2D eigenvalue weighted by atomic mass is 32.1. The van der Waals surface area contributed by atoms with E-state index in [9.17, 15) is 0 Å². The molecule has 0 bridgehead atoms. The Labute approximate surface area is 92.5 Å². The normalized spacial score (nSPS) is 10.3. The van der Waals surface area contributed by atoms with E-state index in [4.69, 9.17) is 10.5 Å². The number of benzene rings is 1. The van der Waals surface area contributed by atoms with Gasteiger partial charge in [-0.25, -0.2) is 4.98 Å². The Bertz CT molecular complexity index is 479. The molecule has 0 radical (unpaired) electrons. The Kier molecular flexibility index (Phi) is 2.60. The summed E-state index contributed by atoms with van der Waals surface area (Å²) in [5.41, 5.74) is 8.39. The van der Waals surface area contributed by atoms with Crippen molar-refractivity contribution < 1.29 is 4.74 Å². The summed E-state index contributed by atoms with van der Waals surface area (Å²) in [4.78, 5) is 4.41. The van der Waals surface area contributed by atoms with Crippen LogP contribution in [0.1, 0.15) is 5.01 Å². The summed E-state index contributed by atoms with van der Waals surface area (Å²) < 4.78 is 5.16. The van der Waals surface area contributed by atoms with E-state index in [0.717, 1.165) is 16.3 Å². The molecular formula is C11H12N2OS. The number of rotatable bonds is 2. The second-order valence-corrected chi connectivity index (χ2v) is 4.27. The molecule has 0 aliphatic carbocycles. The molecule has 3 nitrogen and oxygen atoms in total. The zero-order chi connectivity index (χ0) is 10.8. The first kappa shape index (κ1) is 9.98. The number of methoxy groups -OCH3 is 1. The first-order chi connectivity index (χ1) is 7.20. The number of aromatic nitrogens is 1. The van der Waals surface area contributed by atoms with Crippen molar-refractivity contribution in [2.24, 2.45) is 0 Å². The van der Waals surface area contributed by atoms with Gasteiger partial charge in [0.2, 0.25) is 0 Å². The molecule has 0 saturated heterocycles. The van der Waals surface area contributed by atoms with Crippen molar-refractivity contribution in [1.82, 2.24) is 4.98 Å². The van der Waals surface area contributed by atoms with Crippen LogP contribution in [0.5, 0.6) is 5.75 Å². The Morgan fingerprint density at radius 3 is 2.80 bits per heavy atom. The third-order valence-electron chi connectivity index (χ3n) is 2.15. The van der Waals surface area contributed by atoms with Crippen LogP contribution in [-0.4, -0.2) is 12.1 Å². The molecule has 78 valence electrons. The Morgan fingerprint density at radius 1 is 1.40 bits per heavy atom. The first-order valence-corrected chi connectivity index (χ1v) is 5.44. The third kappa shape index (κ3) is 1.94. The maximum absolute atomic E-state index is 5.74. The second kappa shape index (κ2) is 3.90.